The number of aryl methyl sites for hydroxylation is 1. The predicted octanol–water partition coefficient (Wildman–Crippen LogP) is 4.84. The molecule has 1 amide bonds. The molecule has 1 N–H and O–H groups in total. The Kier molecular flexibility index (Phi) is 5.42. The van der Waals surface area contributed by atoms with Gasteiger partial charge in [0.15, 0.2) is 0 Å². The molecule has 3 aromatic heterocycles. The van der Waals surface area contributed by atoms with E-state index in [0.29, 0.717) is 11.3 Å². The van der Waals surface area contributed by atoms with Gasteiger partial charge in [-0.25, -0.2) is 9.67 Å². The molecule has 4 rings (SSSR count). The summed E-state index contributed by atoms with van der Waals surface area (Å²) in [6.45, 7) is 3.67. The van der Waals surface area contributed by atoms with Crippen molar-refractivity contribution in [1.29, 1.82) is 0 Å². The Hall–Kier alpha value is -3.03. The fourth-order valence-corrected chi connectivity index (χ4v) is 4.16. The minimum Gasteiger partial charge on any atom is -0.343 e. The van der Waals surface area contributed by atoms with Gasteiger partial charge in [-0.2, -0.15) is 5.10 Å². The Morgan fingerprint density at radius 1 is 1.17 bits per heavy atom. The van der Waals surface area contributed by atoms with Gasteiger partial charge in [0.2, 0.25) is 0 Å². The molecule has 8 heteroatoms. The molecule has 0 spiro atoms. The molecule has 6 nitrogen and oxygen atoms in total. The number of aromatic nitrogens is 4. The number of thiazole rings is 1. The number of rotatable bonds is 5. The van der Waals surface area contributed by atoms with Gasteiger partial charge in [0.1, 0.15) is 10.2 Å². The molecule has 0 saturated carbocycles. The third kappa shape index (κ3) is 3.92. The molecular weight excluding hydrogens is 406 g/mol. The molecule has 0 aliphatic heterocycles. The first-order chi connectivity index (χ1) is 14.0. The SMILES string of the molecule is Cc1nn(-c2ccccc2)c(Cl)c1C(=O)NC(C)c1nc(-c2ccncc2)cs1. The average molecular weight is 424 g/mol. The van der Waals surface area contributed by atoms with Gasteiger partial charge in [0.05, 0.1) is 28.7 Å². The fraction of sp³-hybridized carbons (Fsp3) is 0.143. The van der Waals surface area contributed by atoms with Gasteiger partial charge in [-0.1, -0.05) is 29.8 Å². The van der Waals surface area contributed by atoms with E-state index in [1.54, 1.807) is 24.0 Å². The van der Waals surface area contributed by atoms with Crippen LogP contribution in [0.4, 0.5) is 0 Å². The normalized spacial score (nSPS) is 12.0. The van der Waals surface area contributed by atoms with E-state index < -0.39 is 0 Å². The van der Waals surface area contributed by atoms with Gasteiger partial charge in [0.25, 0.3) is 5.91 Å². The molecule has 4 aromatic rings. The van der Waals surface area contributed by atoms with Crippen molar-refractivity contribution in [1.82, 2.24) is 25.1 Å². The highest BCUT2D eigenvalue weighted by molar-refractivity contribution is 7.10. The number of benzene rings is 1. The zero-order chi connectivity index (χ0) is 20.4. The lowest BCUT2D eigenvalue weighted by atomic mass is 10.2. The van der Waals surface area contributed by atoms with Crippen LogP contribution in [0, 0.1) is 6.92 Å². The van der Waals surface area contributed by atoms with Crippen LogP contribution in [0.3, 0.4) is 0 Å². The number of carbonyl (C=O) groups is 1. The minimum atomic E-state index is -0.275. The van der Waals surface area contributed by atoms with Crippen LogP contribution in [0.1, 0.15) is 34.0 Å². The van der Waals surface area contributed by atoms with Crippen molar-refractivity contribution in [2.45, 2.75) is 19.9 Å². The molecule has 1 atom stereocenters. The zero-order valence-electron chi connectivity index (χ0n) is 15.8. The largest absolute Gasteiger partial charge is 0.343 e. The van der Waals surface area contributed by atoms with Crippen LogP contribution < -0.4 is 5.32 Å². The van der Waals surface area contributed by atoms with Crippen LogP contribution in [-0.2, 0) is 0 Å². The lowest BCUT2D eigenvalue weighted by Crippen LogP contribution is -2.27. The minimum absolute atomic E-state index is 0.265. The van der Waals surface area contributed by atoms with Crippen LogP contribution in [0.15, 0.2) is 60.2 Å². The van der Waals surface area contributed by atoms with Crippen LogP contribution in [0.25, 0.3) is 16.9 Å². The molecule has 0 radical (unpaired) electrons. The molecule has 0 fully saturated rings. The van der Waals surface area contributed by atoms with Gasteiger partial charge in [-0.15, -0.1) is 11.3 Å². The summed E-state index contributed by atoms with van der Waals surface area (Å²) in [5.41, 5.74) is 3.59. The molecule has 29 heavy (non-hydrogen) atoms. The van der Waals surface area contributed by atoms with Crippen molar-refractivity contribution < 1.29 is 4.79 Å². The van der Waals surface area contributed by atoms with Gasteiger partial charge in [-0.3, -0.25) is 9.78 Å². The van der Waals surface area contributed by atoms with E-state index in [9.17, 15) is 4.79 Å². The first kappa shape index (κ1) is 19.3. The number of carbonyl (C=O) groups excluding carboxylic acids is 1. The summed E-state index contributed by atoms with van der Waals surface area (Å²) in [5, 5.41) is 10.5. The quantitative estimate of drug-likeness (QED) is 0.498. The molecule has 1 unspecified atom stereocenters. The number of para-hydroxylation sites is 1. The van der Waals surface area contributed by atoms with Crippen molar-refractivity contribution in [3.63, 3.8) is 0 Å². The van der Waals surface area contributed by atoms with Crippen molar-refractivity contribution >= 4 is 28.8 Å². The number of hydrogen-bond acceptors (Lipinski definition) is 5. The topological polar surface area (TPSA) is 72.7 Å². The number of hydrogen-bond donors (Lipinski definition) is 1. The van der Waals surface area contributed by atoms with Crippen LogP contribution in [-0.4, -0.2) is 25.7 Å². The molecule has 0 bridgehead atoms. The summed E-state index contributed by atoms with van der Waals surface area (Å²) in [7, 11) is 0. The molecular formula is C21H18ClN5OS. The number of nitrogens with one attached hydrogen (secondary N) is 1. The standard InChI is InChI=1S/C21H18ClN5OS/c1-13-18(19(22)27(26-13)16-6-4-3-5-7-16)20(28)24-14(2)21-25-17(12-29-21)15-8-10-23-11-9-15/h3-12,14H,1-2H3,(H,24,28). The van der Waals surface area contributed by atoms with E-state index in [4.69, 9.17) is 11.6 Å². The molecule has 0 aliphatic rings. The molecule has 146 valence electrons. The summed E-state index contributed by atoms with van der Waals surface area (Å²) in [4.78, 5) is 21.6. The van der Waals surface area contributed by atoms with Crippen molar-refractivity contribution in [2.24, 2.45) is 0 Å². The van der Waals surface area contributed by atoms with Crippen LogP contribution in [0.2, 0.25) is 5.15 Å². The highest BCUT2D eigenvalue weighted by Gasteiger charge is 2.23. The smallest absolute Gasteiger partial charge is 0.256 e. The Morgan fingerprint density at radius 2 is 1.90 bits per heavy atom. The monoisotopic (exact) mass is 423 g/mol. The second-order valence-corrected chi connectivity index (χ2v) is 7.75. The molecule has 1 aromatic carbocycles. The van der Waals surface area contributed by atoms with E-state index in [2.05, 4.69) is 20.4 Å². The van der Waals surface area contributed by atoms with E-state index in [-0.39, 0.29) is 17.1 Å². The first-order valence-corrected chi connectivity index (χ1v) is 10.3. The van der Waals surface area contributed by atoms with Gasteiger partial charge < -0.3 is 5.32 Å². The van der Waals surface area contributed by atoms with Crippen LogP contribution >= 0.6 is 22.9 Å². The average Bonchev–Trinajstić information content (AvgIpc) is 3.34. The summed E-state index contributed by atoms with van der Waals surface area (Å²) >= 11 is 7.99. The number of nitrogens with zero attached hydrogens (tertiary/aromatic N) is 4. The Labute approximate surface area is 177 Å². The lowest BCUT2D eigenvalue weighted by Gasteiger charge is -2.11. The Bertz CT molecular complexity index is 1140. The summed E-state index contributed by atoms with van der Waals surface area (Å²) in [6.07, 6.45) is 3.46. The van der Waals surface area contributed by atoms with Crippen molar-refractivity contribution in [3.8, 4) is 16.9 Å². The van der Waals surface area contributed by atoms with E-state index >= 15 is 0 Å². The van der Waals surface area contributed by atoms with Crippen molar-refractivity contribution in [2.75, 3.05) is 0 Å². The maximum atomic E-state index is 12.9. The number of amides is 1. The maximum Gasteiger partial charge on any atom is 0.256 e. The van der Waals surface area contributed by atoms with Crippen LogP contribution in [0.5, 0.6) is 0 Å². The van der Waals surface area contributed by atoms with E-state index in [1.165, 1.54) is 11.3 Å². The second-order valence-electron chi connectivity index (χ2n) is 6.50. The Balaban J connectivity index is 1.54. The van der Waals surface area contributed by atoms with Gasteiger partial charge >= 0.3 is 0 Å². The number of halogens is 1. The number of pyridine rings is 1. The van der Waals surface area contributed by atoms with Crippen molar-refractivity contribution in [3.05, 3.63) is 81.7 Å². The van der Waals surface area contributed by atoms with E-state index in [1.807, 2.05) is 54.8 Å². The highest BCUT2D eigenvalue weighted by atomic mass is 35.5. The van der Waals surface area contributed by atoms with Gasteiger partial charge in [0, 0.05) is 23.3 Å². The fourth-order valence-electron chi connectivity index (χ4n) is 2.97. The van der Waals surface area contributed by atoms with Gasteiger partial charge in [-0.05, 0) is 38.1 Å². The molecule has 0 saturated heterocycles. The summed E-state index contributed by atoms with van der Waals surface area (Å²) < 4.78 is 1.57. The molecule has 3 heterocycles. The lowest BCUT2D eigenvalue weighted by molar-refractivity contribution is 0.0939. The Morgan fingerprint density at radius 3 is 2.62 bits per heavy atom. The third-order valence-corrected chi connectivity index (χ3v) is 5.82. The third-order valence-electron chi connectivity index (χ3n) is 4.45. The van der Waals surface area contributed by atoms with E-state index in [0.717, 1.165) is 22.0 Å². The predicted molar refractivity (Wildman–Crippen MR) is 115 cm³/mol. The highest BCUT2D eigenvalue weighted by Crippen LogP contribution is 2.27. The summed E-state index contributed by atoms with van der Waals surface area (Å²) in [6, 6.07) is 13.0. The maximum absolute atomic E-state index is 12.9. The zero-order valence-corrected chi connectivity index (χ0v) is 17.4. The first-order valence-electron chi connectivity index (χ1n) is 9.02. The molecule has 0 aliphatic carbocycles. The second kappa shape index (κ2) is 8.14. The summed E-state index contributed by atoms with van der Waals surface area (Å²) in [5.74, 6) is -0.275.